The maximum atomic E-state index is 11.7. The van der Waals surface area contributed by atoms with Crippen molar-refractivity contribution in [3.05, 3.63) is 12.2 Å². The van der Waals surface area contributed by atoms with E-state index in [0.29, 0.717) is 6.42 Å². The van der Waals surface area contributed by atoms with Crippen molar-refractivity contribution < 1.29 is 4.79 Å². The standard InChI is InChI=1S/C14H24N4O/c19-14(9-8-12-5-2-1-3-6-12)15-10-4-7-13-16-11-17-18-13/h11-12H,1-10H2,(H,15,19)(H,16,17,18). The van der Waals surface area contributed by atoms with Gasteiger partial charge in [-0.15, -0.1) is 0 Å². The van der Waals surface area contributed by atoms with Gasteiger partial charge in [0, 0.05) is 19.4 Å². The quantitative estimate of drug-likeness (QED) is 0.742. The van der Waals surface area contributed by atoms with Crippen molar-refractivity contribution in [3.63, 3.8) is 0 Å². The lowest BCUT2D eigenvalue weighted by Crippen LogP contribution is -2.25. The van der Waals surface area contributed by atoms with E-state index in [0.717, 1.165) is 37.5 Å². The fraction of sp³-hybridized carbons (Fsp3) is 0.786. The highest BCUT2D eigenvalue weighted by molar-refractivity contribution is 5.75. The highest BCUT2D eigenvalue weighted by atomic mass is 16.1. The van der Waals surface area contributed by atoms with E-state index < -0.39 is 0 Å². The van der Waals surface area contributed by atoms with Gasteiger partial charge in [0.25, 0.3) is 0 Å². The molecular weight excluding hydrogens is 240 g/mol. The summed E-state index contributed by atoms with van der Waals surface area (Å²) in [5.41, 5.74) is 0. The van der Waals surface area contributed by atoms with Crippen LogP contribution in [0.1, 0.15) is 57.2 Å². The number of aromatic nitrogens is 3. The number of hydrogen-bond donors (Lipinski definition) is 2. The molecule has 1 fully saturated rings. The Morgan fingerprint density at radius 2 is 2.21 bits per heavy atom. The van der Waals surface area contributed by atoms with Crippen LogP contribution in [0.3, 0.4) is 0 Å². The van der Waals surface area contributed by atoms with E-state index in [1.807, 2.05) is 0 Å². The van der Waals surface area contributed by atoms with Crippen LogP contribution in [0, 0.1) is 5.92 Å². The molecule has 1 aromatic heterocycles. The fourth-order valence-electron chi connectivity index (χ4n) is 2.73. The molecule has 2 rings (SSSR count). The fourth-order valence-corrected chi connectivity index (χ4v) is 2.73. The Kier molecular flexibility index (Phi) is 5.85. The SMILES string of the molecule is O=C(CCC1CCCCC1)NCCCc1ncn[nH]1. The second-order valence-corrected chi connectivity index (χ2v) is 5.43. The van der Waals surface area contributed by atoms with Crippen LogP contribution >= 0.6 is 0 Å². The van der Waals surface area contributed by atoms with E-state index in [1.54, 1.807) is 0 Å². The van der Waals surface area contributed by atoms with E-state index in [2.05, 4.69) is 20.5 Å². The molecule has 1 aliphatic carbocycles. The predicted octanol–water partition coefficient (Wildman–Crippen LogP) is 2.21. The third-order valence-corrected chi connectivity index (χ3v) is 3.88. The molecule has 5 heteroatoms. The molecule has 0 atom stereocenters. The molecule has 1 aromatic rings. The molecule has 0 bridgehead atoms. The van der Waals surface area contributed by atoms with Gasteiger partial charge in [-0.2, -0.15) is 5.10 Å². The summed E-state index contributed by atoms with van der Waals surface area (Å²) < 4.78 is 0. The summed E-state index contributed by atoms with van der Waals surface area (Å²) in [7, 11) is 0. The van der Waals surface area contributed by atoms with Crippen LogP contribution in [0.2, 0.25) is 0 Å². The maximum absolute atomic E-state index is 11.7. The first-order chi connectivity index (χ1) is 9.34. The zero-order valence-corrected chi connectivity index (χ0v) is 11.5. The van der Waals surface area contributed by atoms with E-state index in [1.165, 1.54) is 38.4 Å². The Labute approximate surface area is 114 Å². The minimum Gasteiger partial charge on any atom is -0.356 e. The molecule has 1 aliphatic rings. The molecule has 0 aliphatic heterocycles. The monoisotopic (exact) mass is 264 g/mol. The van der Waals surface area contributed by atoms with Crippen LogP contribution in [0.5, 0.6) is 0 Å². The van der Waals surface area contributed by atoms with Crippen molar-refractivity contribution >= 4 is 5.91 Å². The summed E-state index contributed by atoms with van der Waals surface area (Å²) in [5, 5.41) is 9.60. The van der Waals surface area contributed by atoms with Gasteiger partial charge in [0.15, 0.2) is 0 Å². The third-order valence-electron chi connectivity index (χ3n) is 3.88. The Hall–Kier alpha value is -1.39. The Morgan fingerprint density at radius 1 is 1.37 bits per heavy atom. The van der Waals surface area contributed by atoms with Gasteiger partial charge < -0.3 is 5.32 Å². The van der Waals surface area contributed by atoms with E-state index >= 15 is 0 Å². The number of rotatable bonds is 7. The van der Waals surface area contributed by atoms with Gasteiger partial charge in [0.2, 0.25) is 5.91 Å². The number of nitrogens with one attached hydrogen (secondary N) is 2. The van der Waals surface area contributed by atoms with Crippen LogP contribution in [-0.4, -0.2) is 27.6 Å². The zero-order valence-electron chi connectivity index (χ0n) is 11.5. The molecule has 0 saturated heterocycles. The van der Waals surface area contributed by atoms with Gasteiger partial charge in [0.05, 0.1) is 0 Å². The predicted molar refractivity (Wildman–Crippen MR) is 73.5 cm³/mol. The second-order valence-electron chi connectivity index (χ2n) is 5.43. The van der Waals surface area contributed by atoms with Crippen molar-refractivity contribution in [1.82, 2.24) is 20.5 Å². The lowest BCUT2D eigenvalue weighted by atomic mass is 9.86. The third kappa shape index (κ3) is 5.41. The second kappa shape index (κ2) is 7.92. The summed E-state index contributed by atoms with van der Waals surface area (Å²) in [6.45, 7) is 0.726. The number of carbonyl (C=O) groups excluding carboxylic acids is 1. The molecule has 1 saturated carbocycles. The summed E-state index contributed by atoms with van der Waals surface area (Å²) in [6.07, 6.45) is 11.7. The molecule has 0 spiro atoms. The van der Waals surface area contributed by atoms with Crippen molar-refractivity contribution in [2.24, 2.45) is 5.92 Å². The number of aromatic amines is 1. The maximum Gasteiger partial charge on any atom is 0.220 e. The summed E-state index contributed by atoms with van der Waals surface area (Å²) >= 11 is 0. The van der Waals surface area contributed by atoms with Gasteiger partial charge in [-0.05, 0) is 18.8 Å². The first kappa shape index (κ1) is 14.0. The molecular formula is C14H24N4O. The number of nitrogens with zero attached hydrogens (tertiary/aromatic N) is 2. The number of H-pyrrole nitrogens is 1. The van der Waals surface area contributed by atoms with E-state index in [-0.39, 0.29) is 5.91 Å². The van der Waals surface area contributed by atoms with Gasteiger partial charge in [-0.1, -0.05) is 32.1 Å². The number of carbonyl (C=O) groups is 1. The Morgan fingerprint density at radius 3 is 2.95 bits per heavy atom. The molecule has 19 heavy (non-hydrogen) atoms. The number of hydrogen-bond acceptors (Lipinski definition) is 3. The molecule has 5 nitrogen and oxygen atoms in total. The molecule has 2 N–H and O–H groups in total. The average molecular weight is 264 g/mol. The van der Waals surface area contributed by atoms with Gasteiger partial charge in [-0.3, -0.25) is 9.89 Å². The van der Waals surface area contributed by atoms with E-state index in [4.69, 9.17) is 0 Å². The molecule has 0 unspecified atom stereocenters. The molecule has 0 aromatic carbocycles. The summed E-state index contributed by atoms with van der Waals surface area (Å²) in [5.74, 6) is 1.87. The normalized spacial score (nSPS) is 16.4. The van der Waals surface area contributed by atoms with Crippen LogP contribution in [-0.2, 0) is 11.2 Å². The first-order valence-electron chi connectivity index (χ1n) is 7.45. The van der Waals surface area contributed by atoms with Crippen LogP contribution < -0.4 is 5.32 Å². The molecule has 1 amide bonds. The highest BCUT2D eigenvalue weighted by Gasteiger charge is 2.14. The van der Waals surface area contributed by atoms with Crippen molar-refractivity contribution in [3.8, 4) is 0 Å². The van der Waals surface area contributed by atoms with Gasteiger partial charge in [-0.25, -0.2) is 4.98 Å². The molecule has 1 heterocycles. The minimum atomic E-state index is 0.197. The van der Waals surface area contributed by atoms with Crippen LogP contribution in [0.4, 0.5) is 0 Å². The van der Waals surface area contributed by atoms with Crippen molar-refractivity contribution in [2.45, 2.75) is 57.8 Å². The Balaban J connectivity index is 1.49. The van der Waals surface area contributed by atoms with Gasteiger partial charge in [0.1, 0.15) is 12.2 Å². The number of aryl methyl sites for hydroxylation is 1. The smallest absolute Gasteiger partial charge is 0.220 e. The van der Waals surface area contributed by atoms with Crippen LogP contribution in [0.15, 0.2) is 6.33 Å². The largest absolute Gasteiger partial charge is 0.356 e. The summed E-state index contributed by atoms with van der Waals surface area (Å²) in [6, 6.07) is 0. The summed E-state index contributed by atoms with van der Waals surface area (Å²) in [4.78, 5) is 15.8. The van der Waals surface area contributed by atoms with Crippen LogP contribution in [0.25, 0.3) is 0 Å². The topological polar surface area (TPSA) is 70.7 Å². The minimum absolute atomic E-state index is 0.197. The highest BCUT2D eigenvalue weighted by Crippen LogP contribution is 2.27. The lowest BCUT2D eigenvalue weighted by Gasteiger charge is -2.20. The molecule has 106 valence electrons. The first-order valence-corrected chi connectivity index (χ1v) is 7.45. The van der Waals surface area contributed by atoms with E-state index in [9.17, 15) is 4.79 Å². The van der Waals surface area contributed by atoms with Gasteiger partial charge >= 0.3 is 0 Å². The van der Waals surface area contributed by atoms with Crippen molar-refractivity contribution in [2.75, 3.05) is 6.54 Å². The Bertz CT molecular complexity index is 358. The number of amides is 1. The zero-order chi connectivity index (χ0) is 13.3. The average Bonchev–Trinajstić information content (AvgIpc) is 2.96. The van der Waals surface area contributed by atoms with Crippen molar-refractivity contribution in [1.29, 1.82) is 0 Å². The molecule has 0 radical (unpaired) electrons. The lowest BCUT2D eigenvalue weighted by molar-refractivity contribution is -0.121.